The fraction of sp³-hybridized carbons (Fsp3) is 0.160. The number of hydroxylamine groups is 1. The van der Waals surface area contributed by atoms with Gasteiger partial charge in [0.05, 0.1) is 29.5 Å². The molecule has 0 bridgehead atoms. The summed E-state index contributed by atoms with van der Waals surface area (Å²) in [7, 11) is 0. The second-order valence-electron chi connectivity index (χ2n) is 7.81. The number of aromatic nitrogens is 2. The molecule has 2 aromatic carbocycles. The Hall–Kier alpha value is -3.50. The molecule has 2 aromatic heterocycles. The number of amides is 2. The van der Waals surface area contributed by atoms with Crippen molar-refractivity contribution in [2.45, 2.75) is 0 Å². The van der Waals surface area contributed by atoms with Crippen molar-refractivity contribution in [3.63, 3.8) is 0 Å². The number of hydrogen-bond acceptors (Lipinski definition) is 7. The van der Waals surface area contributed by atoms with Crippen LogP contribution in [0.1, 0.15) is 0 Å². The minimum absolute atomic E-state index is 0.323. The van der Waals surface area contributed by atoms with Crippen LogP contribution < -0.4 is 15.3 Å². The molecule has 35 heavy (non-hydrogen) atoms. The van der Waals surface area contributed by atoms with Crippen molar-refractivity contribution in [1.82, 2.24) is 9.97 Å². The number of nitrogens with one attached hydrogen (secondary N) is 1. The smallest absolute Gasteiger partial charge is 0.350 e. The van der Waals surface area contributed by atoms with Crippen LogP contribution in [-0.2, 0) is 4.74 Å². The Kier molecular flexibility index (Phi) is 6.91. The molecule has 2 N–H and O–H groups in total. The average Bonchev–Trinajstić information content (AvgIpc) is 3.35. The van der Waals surface area contributed by atoms with E-state index in [0.717, 1.165) is 39.9 Å². The Morgan fingerprint density at radius 3 is 2.60 bits per heavy atom. The zero-order chi connectivity index (χ0) is 24.2. The van der Waals surface area contributed by atoms with Crippen molar-refractivity contribution < 1.29 is 14.7 Å². The second-order valence-corrected chi connectivity index (χ2v) is 9.23. The van der Waals surface area contributed by atoms with Gasteiger partial charge in [-0.3, -0.25) is 10.2 Å². The van der Waals surface area contributed by atoms with Gasteiger partial charge in [0, 0.05) is 41.8 Å². The summed E-state index contributed by atoms with van der Waals surface area (Å²) < 4.78 is 5.49. The first-order valence-corrected chi connectivity index (χ1v) is 12.2. The van der Waals surface area contributed by atoms with Gasteiger partial charge in [-0.1, -0.05) is 41.1 Å². The molecule has 10 heteroatoms. The van der Waals surface area contributed by atoms with Gasteiger partial charge in [0.15, 0.2) is 5.13 Å². The average molecular weight is 508 g/mol. The summed E-state index contributed by atoms with van der Waals surface area (Å²) in [5.74, 6) is 0. The number of benzene rings is 2. The highest BCUT2D eigenvalue weighted by Gasteiger charge is 2.22. The van der Waals surface area contributed by atoms with Crippen molar-refractivity contribution >= 4 is 45.5 Å². The summed E-state index contributed by atoms with van der Waals surface area (Å²) in [6, 6.07) is 17.0. The van der Waals surface area contributed by atoms with E-state index in [-0.39, 0.29) is 0 Å². The molecule has 8 nitrogen and oxygen atoms in total. The van der Waals surface area contributed by atoms with E-state index >= 15 is 0 Å². The van der Waals surface area contributed by atoms with E-state index in [1.54, 1.807) is 66.2 Å². The molecule has 1 fully saturated rings. The van der Waals surface area contributed by atoms with Crippen molar-refractivity contribution in [2.75, 3.05) is 41.6 Å². The van der Waals surface area contributed by atoms with Crippen LogP contribution in [0.15, 0.2) is 73.1 Å². The van der Waals surface area contributed by atoms with Crippen LogP contribution in [-0.4, -0.2) is 47.5 Å². The quantitative estimate of drug-likeness (QED) is 0.262. The zero-order valence-corrected chi connectivity index (χ0v) is 20.2. The van der Waals surface area contributed by atoms with Crippen LogP contribution in [0, 0.1) is 0 Å². The molecule has 1 saturated heterocycles. The van der Waals surface area contributed by atoms with Crippen molar-refractivity contribution in [2.24, 2.45) is 0 Å². The zero-order valence-electron chi connectivity index (χ0n) is 18.6. The van der Waals surface area contributed by atoms with Crippen LogP contribution in [0.3, 0.4) is 0 Å². The Morgan fingerprint density at radius 2 is 1.83 bits per heavy atom. The Bertz CT molecular complexity index is 1330. The fourth-order valence-corrected chi connectivity index (χ4v) is 5.07. The highest BCUT2D eigenvalue weighted by atomic mass is 35.5. The Balaban J connectivity index is 1.47. The van der Waals surface area contributed by atoms with Crippen LogP contribution in [0.5, 0.6) is 0 Å². The lowest BCUT2D eigenvalue weighted by Gasteiger charge is -2.26. The maximum absolute atomic E-state index is 12.7. The molecule has 0 unspecified atom stereocenters. The molecule has 3 heterocycles. The molecule has 1 aliphatic rings. The Labute approximate surface area is 211 Å². The standard InChI is InChI=1S/C25H22ClN5O3S/c26-19-4-2-5-20(16-19)28-24(32)31(33)21-6-1-3-18(15-21)23-22(17-7-9-27-10-8-17)29-25(35-23)30-11-13-34-14-12-30/h1-10,15-16,33H,11-14H2,(H,28,32). The number of carbonyl (C=O) groups is 1. The predicted octanol–water partition coefficient (Wildman–Crippen LogP) is 5.79. The third-order valence-corrected chi connectivity index (χ3v) is 6.87. The number of rotatable bonds is 5. The molecule has 4 aromatic rings. The SMILES string of the molecule is O=C(Nc1cccc(Cl)c1)N(O)c1cccc(-c2sc(N3CCOCC3)nc2-c2ccncc2)c1. The predicted molar refractivity (Wildman–Crippen MR) is 139 cm³/mol. The first kappa shape index (κ1) is 23.3. The molecular formula is C25H22ClN5O3S. The van der Waals surface area contributed by atoms with Gasteiger partial charge in [0.25, 0.3) is 0 Å². The summed E-state index contributed by atoms with van der Waals surface area (Å²) in [4.78, 5) is 24.9. The normalized spacial score (nSPS) is 13.5. The van der Waals surface area contributed by atoms with Crippen molar-refractivity contribution in [3.05, 3.63) is 78.1 Å². The van der Waals surface area contributed by atoms with E-state index in [1.807, 2.05) is 18.2 Å². The van der Waals surface area contributed by atoms with Gasteiger partial charge < -0.3 is 15.0 Å². The number of morpholine rings is 1. The highest BCUT2D eigenvalue weighted by molar-refractivity contribution is 7.19. The van der Waals surface area contributed by atoms with E-state index in [9.17, 15) is 10.0 Å². The van der Waals surface area contributed by atoms with Crippen LogP contribution >= 0.6 is 22.9 Å². The fourth-order valence-electron chi connectivity index (χ4n) is 3.74. The molecule has 0 radical (unpaired) electrons. The minimum Gasteiger partial charge on any atom is -0.378 e. The lowest BCUT2D eigenvalue weighted by atomic mass is 10.1. The Morgan fingerprint density at radius 1 is 1.06 bits per heavy atom. The van der Waals surface area contributed by atoms with Gasteiger partial charge in [-0.05, 0) is 48.0 Å². The number of ether oxygens (including phenoxy) is 1. The summed E-state index contributed by atoms with van der Waals surface area (Å²) in [5.41, 5.74) is 3.40. The summed E-state index contributed by atoms with van der Waals surface area (Å²) in [5, 5.41) is 15.2. The number of pyridine rings is 1. The topological polar surface area (TPSA) is 90.8 Å². The van der Waals surface area contributed by atoms with Crippen LogP contribution in [0.4, 0.5) is 21.3 Å². The molecule has 0 saturated carbocycles. The van der Waals surface area contributed by atoms with Crippen molar-refractivity contribution in [1.29, 1.82) is 0 Å². The number of halogens is 1. The van der Waals surface area contributed by atoms with E-state index in [2.05, 4.69) is 15.2 Å². The lowest BCUT2D eigenvalue weighted by Crippen LogP contribution is -2.36. The molecule has 0 aliphatic carbocycles. The van der Waals surface area contributed by atoms with Gasteiger partial charge in [0.2, 0.25) is 0 Å². The first-order valence-electron chi connectivity index (χ1n) is 11.0. The summed E-state index contributed by atoms with van der Waals surface area (Å²) in [6.45, 7) is 2.88. The molecule has 0 atom stereocenters. The largest absolute Gasteiger partial charge is 0.378 e. The van der Waals surface area contributed by atoms with Gasteiger partial charge in [-0.2, -0.15) is 5.06 Å². The number of anilines is 3. The number of urea groups is 1. The van der Waals surface area contributed by atoms with E-state index in [4.69, 9.17) is 21.3 Å². The number of thiazole rings is 1. The number of carbonyl (C=O) groups excluding carboxylic acids is 1. The maximum Gasteiger partial charge on any atom is 0.350 e. The molecule has 5 rings (SSSR count). The molecular weight excluding hydrogens is 486 g/mol. The van der Waals surface area contributed by atoms with Crippen molar-refractivity contribution in [3.8, 4) is 21.7 Å². The molecule has 1 aliphatic heterocycles. The van der Waals surface area contributed by atoms with E-state index in [0.29, 0.717) is 34.7 Å². The minimum atomic E-state index is -0.697. The summed E-state index contributed by atoms with van der Waals surface area (Å²) >= 11 is 7.56. The van der Waals surface area contributed by atoms with Gasteiger partial charge in [0.1, 0.15) is 0 Å². The first-order chi connectivity index (χ1) is 17.1. The monoisotopic (exact) mass is 507 g/mol. The summed E-state index contributed by atoms with van der Waals surface area (Å²) in [6.07, 6.45) is 3.47. The lowest BCUT2D eigenvalue weighted by molar-refractivity contribution is 0.122. The van der Waals surface area contributed by atoms with Gasteiger partial charge >= 0.3 is 6.03 Å². The van der Waals surface area contributed by atoms with E-state index in [1.165, 1.54) is 0 Å². The van der Waals surface area contributed by atoms with E-state index < -0.39 is 6.03 Å². The highest BCUT2D eigenvalue weighted by Crippen LogP contribution is 2.41. The maximum atomic E-state index is 12.7. The molecule has 178 valence electrons. The number of hydrogen-bond donors (Lipinski definition) is 2. The van der Waals surface area contributed by atoms with Gasteiger partial charge in [-0.15, -0.1) is 0 Å². The van der Waals surface area contributed by atoms with Crippen LogP contribution in [0.25, 0.3) is 21.7 Å². The number of nitrogens with zero attached hydrogens (tertiary/aromatic N) is 4. The third kappa shape index (κ3) is 5.28. The third-order valence-electron chi connectivity index (χ3n) is 5.47. The van der Waals surface area contributed by atoms with Crippen LogP contribution in [0.2, 0.25) is 5.02 Å². The van der Waals surface area contributed by atoms with Gasteiger partial charge in [-0.25, -0.2) is 9.78 Å². The molecule has 0 spiro atoms. The second kappa shape index (κ2) is 10.4. The molecule has 2 amide bonds.